The lowest BCUT2D eigenvalue weighted by Crippen LogP contribution is -2.35. The summed E-state index contributed by atoms with van der Waals surface area (Å²) < 4.78 is 29.6. The van der Waals surface area contributed by atoms with Crippen molar-refractivity contribution in [3.05, 3.63) is 40.0 Å². The first-order chi connectivity index (χ1) is 15.0. The van der Waals surface area contributed by atoms with Crippen molar-refractivity contribution in [3.63, 3.8) is 0 Å². The van der Waals surface area contributed by atoms with Crippen LogP contribution in [0.15, 0.2) is 23.2 Å². The van der Waals surface area contributed by atoms with Crippen molar-refractivity contribution in [2.75, 3.05) is 19.4 Å². The number of hydrogen-bond donors (Lipinski definition) is 2. The van der Waals surface area contributed by atoms with Gasteiger partial charge in [0.15, 0.2) is 5.03 Å². The third-order valence-electron chi connectivity index (χ3n) is 4.80. The fraction of sp³-hybridized carbons (Fsp3) is 0.545. The van der Waals surface area contributed by atoms with Gasteiger partial charge < -0.3 is 10.2 Å². The third-order valence-corrected chi connectivity index (χ3v) is 6.23. The number of halogens is 1. The van der Waals surface area contributed by atoms with Gasteiger partial charge >= 0.3 is 6.03 Å². The van der Waals surface area contributed by atoms with Crippen molar-refractivity contribution < 1.29 is 13.2 Å². The van der Waals surface area contributed by atoms with Crippen LogP contribution in [0.25, 0.3) is 0 Å². The molecular formula is C22H34ClN5O3S. The number of benzene rings is 1. The number of sulfonamides is 1. The Hall–Kier alpha value is -2.10. The highest BCUT2D eigenvalue weighted by Crippen LogP contribution is 2.28. The van der Waals surface area contributed by atoms with Crippen molar-refractivity contribution in [1.82, 2.24) is 19.4 Å². The van der Waals surface area contributed by atoms with Gasteiger partial charge in [0.2, 0.25) is 0 Å². The van der Waals surface area contributed by atoms with E-state index in [2.05, 4.69) is 15.1 Å². The summed E-state index contributed by atoms with van der Waals surface area (Å²) in [4.78, 5) is 14.7. The molecule has 0 fully saturated rings. The van der Waals surface area contributed by atoms with E-state index in [1.54, 1.807) is 4.68 Å². The third kappa shape index (κ3) is 6.70. The average Bonchev–Trinajstić information content (AvgIpc) is 3.09. The normalized spacial score (nSPS) is 11.9. The Morgan fingerprint density at radius 3 is 2.16 bits per heavy atom. The molecule has 0 aliphatic carbocycles. The standard InChI is InChI=1S/C22H34ClN5O3S/c1-7-9-16-11-18(23)12-17(10-8-2)21(16)24-22(29)26-32(30,31)20-13-19(14-27(5)6)28(25-20)15(3)4/h11-13,15H,7-10,14H2,1-6H3,(H2,24,26,29). The second-order valence-electron chi connectivity index (χ2n) is 8.41. The predicted molar refractivity (Wildman–Crippen MR) is 129 cm³/mol. The Bertz CT molecular complexity index is 1020. The SMILES string of the molecule is CCCc1cc(Cl)cc(CCC)c1NC(=O)NS(=O)(=O)c1cc(CN(C)C)n(C(C)C)n1. The van der Waals surface area contributed by atoms with Gasteiger partial charge in [-0.25, -0.2) is 9.52 Å². The molecule has 0 bridgehead atoms. The number of rotatable bonds is 10. The number of amides is 2. The number of carbonyl (C=O) groups is 1. The van der Waals surface area contributed by atoms with E-state index in [0.29, 0.717) is 30.1 Å². The molecule has 2 rings (SSSR count). The van der Waals surface area contributed by atoms with Crippen LogP contribution in [0, 0.1) is 0 Å². The van der Waals surface area contributed by atoms with E-state index < -0.39 is 16.1 Å². The zero-order chi connectivity index (χ0) is 24.1. The molecule has 1 aromatic heterocycles. The molecule has 178 valence electrons. The minimum atomic E-state index is -4.15. The highest BCUT2D eigenvalue weighted by molar-refractivity contribution is 7.90. The Kier molecular flexibility index (Phi) is 9.12. The van der Waals surface area contributed by atoms with Crippen LogP contribution in [-0.2, 0) is 29.4 Å². The van der Waals surface area contributed by atoms with Crippen LogP contribution in [0.4, 0.5) is 10.5 Å². The van der Waals surface area contributed by atoms with E-state index in [-0.39, 0.29) is 11.1 Å². The molecule has 8 nitrogen and oxygen atoms in total. The topological polar surface area (TPSA) is 96.3 Å². The Morgan fingerprint density at radius 2 is 1.69 bits per heavy atom. The largest absolute Gasteiger partial charge is 0.333 e. The molecule has 0 unspecified atom stereocenters. The number of urea groups is 1. The molecule has 0 saturated carbocycles. The van der Waals surface area contributed by atoms with E-state index in [4.69, 9.17) is 11.6 Å². The zero-order valence-electron chi connectivity index (χ0n) is 19.7. The van der Waals surface area contributed by atoms with E-state index >= 15 is 0 Å². The van der Waals surface area contributed by atoms with Crippen LogP contribution in [0.3, 0.4) is 0 Å². The average molecular weight is 484 g/mol. The molecule has 2 N–H and O–H groups in total. The highest BCUT2D eigenvalue weighted by Gasteiger charge is 2.25. The number of carbonyl (C=O) groups excluding carboxylic acids is 1. The minimum Gasteiger partial charge on any atom is -0.307 e. The van der Waals surface area contributed by atoms with Gasteiger partial charge in [-0.15, -0.1) is 0 Å². The molecule has 0 aliphatic heterocycles. The summed E-state index contributed by atoms with van der Waals surface area (Å²) in [5.41, 5.74) is 3.13. The number of aromatic nitrogens is 2. The number of hydrogen-bond acceptors (Lipinski definition) is 5. The summed E-state index contributed by atoms with van der Waals surface area (Å²) in [6, 6.07) is 4.28. The van der Waals surface area contributed by atoms with Crippen LogP contribution in [-0.4, -0.2) is 43.2 Å². The highest BCUT2D eigenvalue weighted by atomic mass is 35.5. The molecule has 0 aliphatic rings. The van der Waals surface area contributed by atoms with Crippen LogP contribution >= 0.6 is 11.6 Å². The molecular weight excluding hydrogens is 450 g/mol. The number of aryl methyl sites for hydroxylation is 2. The number of nitrogens with one attached hydrogen (secondary N) is 2. The van der Waals surface area contributed by atoms with Gasteiger partial charge in [-0.2, -0.15) is 13.5 Å². The first-order valence-electron chi connectivity index (χ1n) is 10.9. The molecule has 1 aromatic carbocycles. The lowest BCUT2D eigenvalue weighted by atomic mass is 10.00. The van der Waals surface area contributed by atoms with Crippen LogP contribution in [0.2, 0.25) is 5.02 Å². The fourth-order valence-electron chi connectivity index (χ4n) is 3.56. The lowest BCUT2D eigenvalue weighted by molar-refractivity contribution is 0.256. The quantitative estimate of drug-likeness (QED) is 0.515. The van der Waals surface area contributed by atoms with E-state index in [9.17, 15) is 13.2 Å². The Labute approximate surface area is 196 Å². The van der Waals surface area contributed by atoms with Gasteiger partial charge in [-0.1, -0.05) is 38.3 Å². The monoisotopic (exact) mass is 483 g/mol. The fourth-order valence-corrected chi connectivity index (χ4v) is 4.71. The second-order valence-corrected chi connectivity index (χ2v) is 10.5. The second kappa shape index (κ2) is 11.2. The minimum absolute atomic E-state index is 0.0232. The van der Waals surface area contributed by atoms with Crippen molar-refractivity contribution in [3.8, 4) is 0 Å². The Balaban J connectivity index is 2.32. The van der Waals surface area contributed by atoms with Gasteiger partial charge in [-0.05, 0) is 64.0 Å². The van der Waals surface area contributed by atoms with Crippen molar-refractivity contribution in [2.45, 2.75) is 71.0 Å². The molecule has 2 aromatic rings. The van der Waals surface area contributed by atoms with Crippen molar-refractivity contribution >= 4 is 33.3 Å². The summed E-state index contributed by atoms with van der Waals surface area (Å²) in [7, 11) is -0.359. The molecule has 0 atom stereocenters. The van der Waals surface area contributed by atoms with Crippen LogP contribution in [0.5, 0.6) is 0 Å². The maximum atomic E-state index is 12.9. The molecule has 32 heavy (non-hydrogen) atoms. The van der Waals surface area contributed by atoms with Crippen LogP contribution < -0.4 is 10.0 Å². The van der Waals surface area contributed by atoms with Gasteiger partial charge in [0.25, 0.3) is 10.0 Å². The predicted octanol–water partition coefficient (Wildman–Crippen LogP) is 4.59. The van der Waals surface area contributed by atoms with E-state index in [1.165, 1.54) is 6.07 Å². The molecule has 1 heterocycles. The maximum absolute atomic E-state index is 12.9. The van der Waals surface area contributed by atoms with Gasteiger partial charge in [0.1, 0.15) is 0 Å². The van der Waals surface area contributed by atoms with Gasteiger partial charge in [-0.3, -0.25) is 4.68 Å². The zero-order valence-corrected chi connectivity index (χ0v) is 21.3. The summed E-state index contributed by atoms with van der Waals surface area (Å²) >= 11 is 6.26. The maximum Gasteiger partial charge on any atom is 0.333 e. The molecule has 10 heteroatoms. The first-order valence-corrected chi connectivity index (χ1v) is 12.7. The van der Waals surface area contributed by atoms with Gasteiger partial charge in [0, 0.05) is 29.4 Å². The summed E-state index contributed by atoms with van der Waals surface area (Å²) in [6.07, 6.45) is 3.16. The molecule has 0 saturated heterocycles. The molecule has 0 spiro atoms. The summed E-state index contributed by atoms with van der Waals surface area (Å²) in [6.45, 7) is 8.44. The van der Waals surface area contributed by atoms with E-state index in [0.717, 1.165) is 29.7 Å². The molecule has 2 amide bonds. The van der Waals surface area contributed by atoms with E-state index in [1.807, 2.05) is 58.8 Å². The Morgan fingerprint density at radius 1 is 1.12 bits per heavy atom. The van der Waals surface area contributed by atoms with Crippen molar-refractivity contribution in [2.24, 2.45) is 0 Å². The summed E-state index contributed by atoms with van der Waals surface area (Å²) in [5.74, 6) is 0. The van der Waals surface area contributed by atoms with Crippen molar-refractivity contribution in [1.29, 1.82) is 0 Å². The van der Waals surface area contributed by atoms with Crippen LogP contribution in [0.1, 0.15) is 63.4 Å². The lowest BCUT2D eigenvalue weighted by Gasteiger charge is -2.16. The molecule has 0 radical (unpaired) electrons. The summed E-state index contributed by atoms with van der Waals surface area (Å²) in [5, 5.41) is 7.41. The first kappa shape index (κ1) is 26.2. The number of anilines is 1. The smallest absolute Gasteiger partial charge is 0.307 e. The number of nitrogens with zero attached hydrogens (tertiary/aromatic N) is 3. The van der Waals surface area contributed by atoms with Gasteiger partial charge in [0.05, 0.1) is 5.69 Å².